The fourth-order valence-electron chi connectivity index (χ4n) is 3.90. The van der Waals surface area contributed by atoms with E-state index in [1.54, 1.807) is 24.4 Å². The van der Waals surface area contributed by atoms with Gasteiger partial charge < -0.3 is 5.73 Å². The Morgan fingerprint density at radius 2 is 1.58 bits per heavy atom. The van der Waals surface area contributed by atoms with Crippen molar-refractivity contribution in [1.82, 2.24) is 14.8 Å². The Hall–Kier alpha value is -3.99. The molecule has 3 aromatic carbocycles. The van der Waals surface area contributed by atoms with E-state index in [2.05, 4.69) is 14.5 Å². The molecule has 0 radical (unpaired) electrons. The van der Waals surface area contributed by atoms with E-state index in [4.69, 9.17) is 34.0 Å². The van der Waals surface area contributed by atoms with Crippen LogP contribution in [0, 0.1) is 0 Å². The Morgan fingerprint density at radius 3 is 2.21 bits per heavy atom. The third-order valence-corrected chi connectivity index (χ3v) is 7.53. The normalized spacial score (nSPS) is 16.5. The summed E-state index contributed by atoms with van der Waals surface area (Å²) >= 11 is 12.1. The van der Waals surface area contributed by atoms with E-state index in [9.17, 15) is 8.42 Å². The third-order valence-electron chi connectivity index (χ3n) is 5.75. The zero-order valence-corrected chi connectivity index (χ0v) is 22.1. The van der Waals surface area contributed by atoms with Crippen molar-refractivity contribution in [3.05, 3.63) is 118 Å². The molecular formula is C26H21Cl2N7O2S. The first kappa shape index (κ1) is 25.7. The second-order valence-electron chi connectivity index (χ2n) is 8.28. The Kier molecular flexibility index (Phi) is 7.28. The van der Waals surface area contributed by atoms with Gasteiger partial charge in [0.05, 0.1) is 17.2 Å². The molecule has 0 fully saturated rings. The maximum absolute atomic E-state index is 13.3. The number of hydrogen-bond acceptors (Lipinski definition) is 4. The van der Waals surface area contributed by atoms with Crippen LogP contribution in [0.2, 0.25) is 10.0 Å². The topological polar surface area (TPSA) is 118 Å². The molecule has 2 N–H and O–H groups in total. The van der Waals surface area contributed by atoms with E-state index in [0.29, 0.717) is 15.8 Å². The molecule has 1 atom stereocenters. The lowest BCUT2D eigenvalue weighted by Gasteiger charge is -2.16. The lowest BCUT2D eigenvalue weighted by molar-refractivity contribution is 0.470. The molecule has 192 valence electrons. The zero-order valence-electron chi connectivity index (χ0n) is 19.8. The van der Waals surface area contributed by atoms with Gasteiger partial charge in [0.2, 0.25) is 5.96 Å². The van der Waals surface area contributed by atoms with Gasteiger partial charge in [-0.3, -0.25) is 0 Å². The minimum Gasteiger partial charge on any atom is -0.368 e. The highest BCUT2D eigenvalue weighted by atomic mass is 35.5. The molecule has 0 amide bonds. The lowest BCUT2D eigenvalue weighted by Crippen LogP contribution is -2.31. The number of benzene rings is 3. The highest BCUT2D eigenvalue weighted by Gasteiger charge is 2.33. The van der Waals surface area contributed by atoms with Gasteiger partial charge in [-0.05, 0) is 53.6 Å². The summed E-state index contributed by atoms with van der Waals surface area (Å²) in [6, 6.07) is 24.4. The molecule has 2 heterocycles. The van der Waals surface area contributed by atoms with E-state index in [1.807, 2.05) is 42.5 Å². The zero-order chi connectivity index (χ0) is 26.7. The van der Waals surface area contributed by atoms with Crippen molar-refractivity contribution in [3.8, 4) is 0 Å². The number of hydrazone groups is 1. The van der Waals surface area contributed by atoms with Gasteiger partial charge in [-0.2, -0.15) is 23.6 Å². The van der Waals surface area contributed by atoms with Crippen LogP contribution in [0.4, 0.5) is 0 Å². The average molecular weight is 566 g/mol. The summed E-state index contributed by atoms with van der Waals surface area (Å²) in [5.74, 6) is -0.494. The van der Waals surface area contributed by atoms with Crippen LogP contribution >= 0.6 is 23.2 Å². The van der Waals surface area contributed by atoms with Gasteiger partial charge in [-0.1, -0.05) is 65.7 Å². The van der Waals surface area contributed by atoms with Crippen LogP contribution in [0.15, 0.2) is 117 Å². The molecule has 38 heavy (non-hydrogen) atoms. The molecule has 0 saturated heterocycles. The van der Waals surface area contributed by atoms with E-state index in [1.165, 1.54) is 40.2 Å². The number of rotatable bonds is 4. The molecule has 4 aromatic rings. The van der Waals surface area contributed by atoms with Crippen LogP contribution in [0.5, 0.6) is 0 Å². The molecule has 5 rings (SSSR count). The molecular weight excluding hydrogens is 545 g/mol. The summed E-state index contributed by atoms with van der Waals surface area (Å²) in [4.78, 5) is 4.29. The Bertz CT molecular complexity index is 1620. The van der Waals surface area contributed by atoms with Crippen molar-refractivity contribution in [2.75, 3.05) is 6.54 Å². The summed E-state index contributed by atoms with van der Waals surface area (Å²) in [6.07, 6.45) is 3.12. The molecule has 12 heteroatoms. The number of sulfonamides is 1. The monoisotopic (exact) mass is 565 g/mol. The van der Waals surface area contributed by atoms with Gasteiger partial charge in [0.1, 0.15) is 0 Å². The molecule has 9 nitrogen and oxygen atoms in total. The number of hydrogen-bond donors (Lipinski definition) is 1. The summed E-state index contributed by atoms with van der Waals surface area (Å²) in [7, 11) is -4.19. The van der Waals surface area contributed by atoms with Gasteiger partial charge >= 0.3 is 0 Å². The van der Waals surface area contributed by atoms with Gasteiger partial charge in [-0.15, -0.1) is 4.40 Å². The lowest BCUT2D eigenvalue weighted by atomic mass is 9.91. The predicted molar refractivity (Wildman–Crippen MR) is 149 cm³/mol. The van der Waals surface area contributed by atoms with Crippen molar-refractivity contribution >= 4 is 50.9 Å². The quantitative estimate of drug-likeness (QED) is 0.286. The van der Waals surface area contributed by atoms with Gasteiger partial charge in [0.25, 0.3) is 16.0 Å². The van der Waals surface area contributed by atoms with Gasteiger partial charge in [0, 0.05) is 28.4 Å². The van der Waals surface area contributed by atoms with E-state index >= 15 is 0 Å². The summed E-state index contributed by atoms with van der Waals surface area (Å²) in [5, 5.41) is 11.3. The number of nitrogens with two attached hydrogens (primary N) is 1. The molecule has 1 unspecified atom stereocenters. The van der Waals surface area contributed by atoms with Crippen molar-refractivity contribution in [2.45, 2.75) is 10.8 Å². The standard InChI is InChI=1S/C26H21Cl2N7O2S/c27-20-9-7-19(8-10-20)24-23(18-5-2-1-3-6-18)17-35(32-24)26(31-25(29)34-16-4-15-30-34)33-38(36,37)22-13-11-21(28)12-14-22/h1-16,23H,17H2,(H2,29,31,33). The fraction of sp³-hybridized carbons (Fsp3) is 0.0769. The van der Waals surface area contributed by atoms with Gasteiger partial charge in [0.15, 0.2) is 0 Å². The number of aromatic nitrogens is 2. The highest BCUT2D eigenvalue weighted by Crippen LogP contribution is 2.30. The van der Waals surface area contributed by atoms with Crippen LogP contribution in [-0.4, -0.2) is 47.4 Å². The van der Waals surface area contributed by atoms with Crippen molar-refractivity contribution in [1.29, 1.82) is 0 Å². The third kappa shape index (κ3) is 5.62. The first-order valence-electron chi connectivity index (χ1n) is 11.4. The predicted octanol–water partition coefficient (Wildman–Crippen LogP) is 4.60. The van der Waals surface area contributed by atoms with E-state index < -0.39 is 10.0 Å². The van der Waals surface area contributed by atoms with Crippen LogP contribution < -0.4 is 5.73 Å². The highest BCUT2D eigenvalue weighted by molar-refractivity contribution is 7.90. The summed E-state index contributed by atoms with van der Waals surface area (Å²) in [5.41, 5.74) is 8.69. The molecule has 0 bridgehead atoms. The Labute approximate surface area is 229 Å². The first-order valence-corrected chi connectivity index (χ1v) is 13.6. The SMILES string of the molecule is N/C(=N\C(=N\S(=O)(=O)c1ccc(Cl)cc1)N1CC(c2ccccc2)C(c2ccc(Cl)cc2)=N1)n1cccn1. The van der Waals surface area contributed by atoms with E-state index in [0.717, 1.165) is 11.1 Å². The second kappa shape index (κ2) is 10.8. The van der Waals surface area contributed by atoms with Crippen LogP contribution in [-0.2, 0) is 10.0 Å². The van der Waals surface area contributed by atoms with Crippen LogP contribution in [0.3, 0.4) is 0 Å². The Morgan fingerprint density at radius 1 is 0.921 bits per heavy atom. The van der Waals surface area contributed by atoms with Crippen molar-refractivity contribution in [2.24, 2.45) is 20.2 Å². The summed E-state index contributed by atoms with van der Waals surface area (Å²) < 4.78 is 31.9. The maximum Gasteiger partial charge on any atom is 0.285 e. The van der Waals surface area contributed by atoms with Gasteiger partial charge in [-0.25, -0.2) is 9.69 Å². The molecule has 1 aliphatic heterocycles. The summed E-state index contributed by atoms with van der Waals surface area (Å²) in [6.45, 7) is 0.271. The van der Waals surface area contributed by atoms with Crippen molar-refractivity contribution < 1.29 is 8.42 Å². The molecule has 0 saturated carbocycles. The molecule has 1 aliphatic rings. The Balaban J connectivity index is 1.63. The smallest absolute Gasteiger partial charge is 0.285 e. The molecule has 1 aromatic heterocycles. The molecule has 0 spiro atoms. The number of guanidine groups is 1. The van der Waals surface area contributed by atoms with Crippen LogP contribution in [0.1, 0.15) is 17.0 Å². The fourth-order valence-corrected chi connectivity index (χ4v) is 5.09. The second-order valence-corrected chi connectivity index (χ2v) is 10.8. The maximum atomic E-state index is 13.3. The number of aliphatic imine (C=N–C) groups is 1. The minimum absolute atomic E-state index is 0.0482. The molecule has 0 aliphatic carbocycles. The number of halogens is 2. The van der Waals surface area contributed by atoms with Crippen molar-refractivity contribution in [3.63, 3.8) is 0 Å². The largest absolute Gasteiger partial charge is 0.368 e. The minimum atomic E-state index is -4.19. The number of nitrogens with zero attached hydrogens (tertiary/aromatic N) is 6. The first-order chi connectivity index (χ1) is 18.3. The van der Waals surface area contributed by atoms with E-state index in [-0.39, 0.29) is 29.3 Å². The average Bonchev–Trinajstić information content (AvgIpc) is 3.61. The van der Waals surface area contributed by atoms with Crippen LogP contribution in [0.25, 0.3) is 0 Å².